The Morgan fingerprint density at radius 3 is 2.37 bits per heavy atom. The van der Waals surface area contributed by atoms with E-state index in [0.717, 1.165) is 31.0 Å². The van der Waals surface area contributed by atoms with Gasteiger partial charge in [-0.25, -0.2) is 4.39 Å². The first-order chi connectivity index (χ1) is 9.08. The van der Waals surface area contributed by atoms with Gasteiger partial charge in [0.05, 0.1) is 6.61 Å². The fourth-order valence-corrected chi connectivity index (χ4v) is 3.19. The molecule has 0 heterocycles. The lowest BCUT2D eigenvalue weighted by molar-refractivity contribution is 0.140. The zero-order chi connectivity index (χ0) is 14.3. The lowest BCUT2D eigenvalue weighted by Gasteiger charge is -2.31. The van der Waals surface area contributed by atoms with Crippen molar-refractivity contribution in [2.24, 2.45) is 5.41 Å². The van der Waals surface area contributed by atoms with Gasteiger partial charge in [-0.2, -0.15) is 0 Å². The quantitative estimate of drug-likeness (QED) is 0.572. The Hall–Kier alpha value is -0.570. The van der Waals surface area contributed by atoms with Crippen LogP contribution in [0.15, 0.2) is 18.2 Å². The van der Waals surface area contributed by atoms with Crippen molar-refractivity contribution in [1.82, 2.24) is 0 Å². The van der Waals surface area contributed by atoms with E-state index in [1.165, 1.54) is 0 Å². The van der Waals surface area contributed by atoms with E-state index in [2.05, 4.69) is 29.8 Å². The van der Waals surface area contributed by atoms with Crippen LogP contribution >= 0.6 is 15.9 Å². The summed E-state index contributed by atoms with van der Waals surface area (Å²) in [5.41, 5.74) is 0.743. The van der Waals surface area contributed by atoms with Gasteiger partial charge in [0.1, 0.15) is 0 Å². The highest BCUT2D eigenvalue weighted by atomic mass is 79.9. The van der Waals surface area contributed by atoms with Crippen LogP contribution in [0.1, 0.15) is 45.1 Å². The lowest BCUT2D eigenvalue weighted by atomic mass is 9.82. The highest BCUT2D eigenvalue weighted by Gasteiger charge is 2.28. The second-order valence-corrected chi connectivity index (χ2v) is 5.87. The van der Waals surface area contributed by atoms with Crippen LogP contribution in [0.5, 0.6) is 5.75 Å². The predicted octanol–water partition coefficient (Wildman–Crippen LogP) is 5.49. The van der Waals surface area contributed by atoms with Crippen molar-refractivity contribution < 1.29 is 9.13 Å². The second-order valence-electron chi connectivity index (χ2n) is 5.31. The molecule has 0 saturated heterocycles. The molecule has 3 heteroatoms. The minimum absolute atomic E-state index is 0.111. The van der Waals surface area contributed by atoms with Crippen molar-refractivity contribution in [3.05, 3.63) is 29.6 Å². The second kappa shape index (κ2) is 7.88. The van der Waals surface area contributed by atoms with Crippen LogP contribution < -0.4 is 4.74 Å². The SMILES string of the molecule is CCCC(CBr)(CCC)COc1cccc(C)c1F. The van der Waals surface area contributed by atoms with Gasteiger partial charge in [-0.3, -0.25) is 0 Å². The number of alkyl halides is 1. The summed E-state index contributed by atoms with van der Waals surface area (Å²) in [6.07, 6.45) is 4.43. The van der Waals surface area contributed by atoms with Crippen molar-refractivity contribution >= 4 is 15.9 Å². The summed E-state index contributed by atoms with van der Waals surface area (Å²) < 4.78 is 19.7. The van der Waals surface area contributed by atoms with Crippen LogP contribution in [0.4, 0.5) is 4.39 Å². The molecule has 0 saturated carbocycles. The smallest absolute Gasteiger partial charge is 0.167 e. The summed E-state index contributed by atoms with van der Waals surface area (Å²) in [4.78, 5) is 0. The molecule has 0 atom stereocenters. The topological polar surface area (TPSA) is 9.23 Å². The highest BCUT2D eigenvalue weighted by molar-refractivity contribution is 9.09. The Morgan fingerprint density at radius 1 is 1.21 bits per heavy atom. The average molecular weight is 331 g/mol. The third kappa shape index (κ3) is 4.48. The number of hydrogen-bond acceptors (Lipinski definition) is 1. The lowest BCUT2D eigenvalue weighted by Crippen LogP contribution is -2.30. The minimum atomic E-state index is -0.237. The summed E-state index contributed by atoms with van der Waals surface area (Å²) in [6.45, 7) is 6.69. The molecule has 1 nitrogen and oxygen atoms in total. The van der Waals surface area contributed by atoms with Crippen molar-refractivity contribution in [1.29, 1.82) is 0 Å². The number of aryl methyl sites for hydroxylation is 1. The zero-order valence-electron chi connectivity index (χ0n) is 12.1. The zero-order valence-corrected chi connectivity index (χ0v) is 13.7. The van der Waals surface area contributed by atoms with Gasteiger partial charge in [0.15, 0.2) is 11.6 Å². The van der Waals surface area contributed by atoms with E-state index in [9.17, 15) is 4.39 Å². The Balaban J connectivity index is 2.77. The van der Waals surface area contributed by atoms with Crippen LogP contribution in [-0.2, 0) is 0 Å². The molecule has 1 rings (SSSR count). The van der Waals surface area contributed by atoms with Gasteiger partial charge in [-0.1, -0.05) is 54.8 Å². The standard InChI is InChI=1S/C16H24BrFO/c1-4-9-16(11-17,10-5-2)12-19-14-8-6-7-13(3)15(14)18/h6-8H,4-5,9-12H2,1-3H3. The Morgan fingerprint density at radius 2 is 1.84 bits per heavy atom. The maximum absolute atomic E-state index is 13.9. The molecular weight excluding hydrogens is 307 g/mol. The maximum atomic E-state index is 13.9. The van der Waals surface area contributed by atoms with Crippen LogP contribution in [-0.4, -0.2) is 11.9 Å². The first-order valence-corrected chi connectivity index (χ1v) is 8.14. The van der Waals surface area contributed by atoms with Crippen LogP contribution in [0.2, 0.25) is 0 Å². The molecule has 0 unspecified atom stereocenters. The summed E-state index contributed by atoms with van der Waals surface area (Å²) in [5.74, 6) is 0.136. The summed E-state index contributed by atoms with van der Waals surface area (Å²) in [6, 6.07) is 5.31. The number of ether oxygens (including phenoxy) is 1. The largest absolute Gasteiger partial charge is 0.490 e. The summed E-state index contributed by atoms with van der Waals surface area (Å²) >= 11 is 3.61. The first-order valence-electron chi connectivity index (χ1n) is 7.02. The number of halogens is 2. The molecule has 0 fully saturated rings. The van der Waals surface area contributed by atoms with E-state index in [1.807, 2.05) is 6.07 Å². The Bertz CT molecular complexity index is 386. The first kappa shape index (κ1) is 16.5. The molecule has 0 bridgehead atoms. The Kier molecular flexibility index (Phi) is 6.84. The third-order valence-electron chi connectivity index (χ3n) is 3.53. The van der Waals surface area contributed by atoms with Crippen molar-refractivity contribution in [3.63, 3.8) is 0 Å². The maximum Gasteiger partial charge on any atom is 0.167 e. The summed E-state index contributed by atoms with van der Waals surface area (Å²) in [7, 11) is 0. The molecule has 0 aliphatic heterocycles. The number of rotatable bonds is 8. The van der Waals surface area contributed by atoms with Gasteiger partial charge in [-0.05, 0) is 31.4 Å². The van der Waals surface area contributed by atoms with E-state index < -0.39 is 0 Å². The molecule has 0 aliphatic rings. The Labute approximate surface area is 124 Å². The van der Waals surface area contributed by atoms with E-state index in [4.69, 9.17) is 4.74 Å². The van der Waals surface area contributed by atoms with E-state index in [-0.39, 0.29) is 11.2 Å². The molecule has 0 amide bonds. The van der Waals surface area contributed by atoms with Crippen LogP contribution in [0, 0.1) is 18.2 Å². The normalized spacial score (nSPS) is 11.6. The van der Waals surface area contributed by atoms with Crippen LogP contribution in [0.3, 0.4) is 0 Å². The van der Waals surface area contributed by atoms with E-state index in [1.54, 1.807) is 19.1 Å². The molecule has 0 spiro atoms. The molecule has 108 valence electrons. The van der Waals surface area contributed by atoms with E-state index in [0.29, 0.717) is 17.9 Å². The minimum Gasteiger partial charge on any atom is -0.490 e. The molecule has 19 heavy (non-hydrogen) atoms. The average Bonchev–Trinajstić information content (AvgIpc) is 2.40. The molecule has 0 aliphatic carbocycles. The van der Waals surface area contributed by atoms with E-state index >= 15 is 0 Å². The fourth-order valence-electron chi connectivity index (χ4n) is 2.47. The molecule has 0 radical (unpaired) electrons. The van der Waals surface area contributed by atoms with Gasteiger partial charge in [0, 0.05) is 10.7 Å². The van der Waals surface area contributed by atoms with Crippen molar-refractivity contribution in [2.45, 2.75) is 46.5 Å². The summed E-state index contributed by atoms with van der Waals surface area (Å²) in [5, 5.41) is 0.898. The van der Waals surface area contributed by atoms with Gasteiger partial charge in [0.25, 0.3) is 0 Å². The fraction of sp³-hybridized carbons (Fsp3) is 0.625. The molecule has 0 aromatic heterocycles. The van der Waals surface area contributed by atoms with Crippen molar-refractivity contribution in [3.8, 4) is 5.75 Å². The highest BCUT2D eigenvalue weighted by Crippen LogP contribution is 2.33. The molecule has 1 aromatic carbocycles. The van der Waals surface area contributed by atoms with Gasteiger partial charge in [0.2, 0.25) is 0 Å². The number of benzene rings is 1. The monoisotopic (exact) mass is 330 g/mol. The van der Waals surface area contributed by atoms with Crippen LogP contribution in [0.25, 0.3) is 0 Å². The molecule has 1 aromatic rings. The van der Waals surface area contributed by atoms with Gasteiger partial charge >= 0.3 is 0 Å². The third-order valence-corrected chi connectivity index (χ3v) is 4.72. The molecular formula is C16H24BrFO. The van der Waals surface area contributed by atoms with Gasteiger partial charge in [-0.15, -0.1) is 0 Å². The van der Waals surface area contributed by atoms with Gasteiger partial charge < -0.3 is 4.74 Å². The molecule has 0 N–H and O–H groups in total. The number of hydrogen-bond donors (Lipinski definition) is 0. The van der Waals surface area contributed by atoms with Crippen molar-refractivity contribution in [2.75, 3.05) is 11.9 Å². The predicted molar refractivity (Wildman–Crippen MR) is 82.7 cm³/mol.